The van der Waals surface area contributed by atoms with Crippen LogP contribution in [0, 0.1) is 5.41 Å². The maximum atomic E-state index is 12.0. The second-order valence-electron chi connectivity index (χ2n) is 6.00. The first-order valence-electron chi connectivity index (χ1n) is 7.88. The van der Waals surface area contributed by atoms with E-state index in [2.05, 4.69) is 5.32 Å². The van der Waals surface area contributed by atoms with Gasteiger partial charge in [0.1, 0.15) is 11.9 Å². The molecule has 0 spiro atoms. The Labute approximate surface area is 141 Å². The van der Waals surface area contributed by atoms with Gasteiger partial charge in [0.25, 0.3) is 0 Å². The Kier molecular flexibility index (Phi) is 5.88. The average Bonchev–Trinajstić information content (AvgIpc) is 2.48. The zero-order valence-corrected chi connectivity index (χ0v) is 13.9. The highest BCUT2D eigenvalue weighted by atomic mass is 35.5. The van der Waals surface area contributed by atoms with E-state index in [9.17, 15) is 14.7 Å². The minimum atomic E-state index is -0.877. The molecule has 1 unspecified atom stereocenters. The Hall–Kier alpha value is -1.75. The number of carboxylic acid groups (broad SMARTS) is 1. The zero-order chi connectivity index (χ0) is 16.9. The fourth-order valence-electron chi connectivity index (χ4n) is 2.66. The third kappa shape index (κ3) is 4.38. The molecule has 1 aromatic rings. The highest BCUT2D eigenvalue weighted by Crippen LogP contribution is 2.44. The molecule has 5 nitrogen and oxygen atoms in total. The van der Waals surface area contributed by atoms with Crippen LogP contribution in [0.4, 0.5) is 0 Å². The van der Waals surface area contributed by atoms with Crippen LogP contribution in [0.1, 0.15) is 39.0 Å². The van der Waals surface area contributed by atoms with Gasteiger partial charge in [0, 0.05) is 6.42 Å². The first-order chi connectivity index (χ1) is 11.0. The van der Waals surface area contributed by atoms with Gasteiger partial charge in [0.15, 0.2) is 0 Å². The van der Waals surface area contributed by atoms with E-state index in [1.165, 1.54) is 0 Å². The lowest BCUT2D eigenvalue weighted by Gasteiger charge is -2.37. The molecule has 0 aromatic heterocycles. The van der Waals surface area contributed by atoms with Crippen molar-refractivity contribution in [1.82, 2.24) is 5.32 Å². The van der Waals surface area contributed by atoms with Crippen LogP contribution in [0.15, 0.2) is 24.3 Å². The number of ether oxygens (including phenoxy) is 1. The van der Waals surface area contributed by atoms with Crippen molar-refractivity contribution < 1.29 is 19.4 Å². The minimum absolute atomic E-state index is 0.0326. The molecule has 1 saturated carbocycles. The number of carboxylic acids is 1. The number of nitrogens with one attached hydrogen (secondary N) is 1. The lowest BCUT2D eigenvalue weighted by atomic mass is 9.66. The molecule has 126 valence electrons. The number of para-hydroxylation sites is 1. The third-order valence-corrected chi connectivity index (χ3v) is 4.69. The Bertz CT molecular complexity index is 571. The lowest BCUT2D eigenvalue weighted by Crippen LogP contribution is -2.44. The van der Waals surface area contributed by atoms with Gasteiger partial charge < -0.3 is 15.2 Å². The van der Waals surface area contributed by atoms with Crippen LogP contribution in [-0.2, 0) is 9.59 Å². The number of benzene rings is 1. The van der Waals surface area contributed by atoms with Crippen molar-refractivity contribution in [3.8, 4) is 5.75 Å². The summed E-state index contributed by atoms with van der Waals surface area (Å²) < 4.78 is 5.80. The van der Waals surface area contributed by atoms with E-state index in [0.717, 1.165) is 6.42 Å². The number of carbonyl (C=O) groups excluding carboxylic acids is 1. The van der Waals surface area contributed by atoms with Gasteiger partial charge in [-0.1, -0.05) is 37.1 Å². The predicted molar refractivity (Wildman–Crippen MR) is 87.7 cm³/mol. The van der Waals surface area contributed by atoms with Gasteiger partial charge in [0.05, 0.1) is 17.0 Å². The molecule has 6 heteroatoms. The molecule has 1 aliphatic carbocycles. The fourth-order valence-corrected chi connectivity index (χ4v) is 2.84. The molecule has 1 aliphatic rings. The maximum absolute atomic E-state index is 12.0. The summed E-state index contributed by atoms with van der Waals surface area (Å²) in [6, 6.07) is 7.18. The van der Waals surface area contributed by atoms with E-state index in [0.29, 0.717) is 36.6 Å². The number of carbonyl (C=O) groups is 2. The molecule has 1 atom stereocenters. The van der Waals surface area contributed by atoms with Gasteiger partial charge >= 0.3 is 5.97 Å². The summed E-state index contributed by atoms with van der Waals surface area (Å²) in [6.45, 7) is 2.29. The van der Waals surface area contributed by atoms with Crippen LogP contribution in [0.5, 0.6) is 5.75 Å². The number of rotatable bonds is 8. The molecular formula is C17H22ClNO4. The van der Waals surface area contributed by atoms with E-state index >= 15 is 0 Å². The summed E-state index contributed by atoms with van der Waals surface area (Å²) in [7, 11) is 0. The average molecular weight is 340 g/mol. The third-order valence-electron chi connectivity index (χ3n) is 4.38. The normalized spacial score (nSPS) is 17.0. The number of hydrogen-bond donors (Lipinski definition) is 2. The number of aliphatic carboxylic acids is 1. The van der Waals surface area contributed by atoms with Gasteiger partial charge in [-0.2, -0.15) is 0 Å². The van der Waals surface area contributed by atoms with Crippen molar-refractivity contribution in [2.75, 3.05) is 6.54 Å². The van der Waals surface area contributed by atoms with Crippen LogP contribution in [0.2, 0.25) is 5.02 Å². The lowest BCUT2D eigenvalue weighted by molar-refractivity contribution is -0.157. The molecule has 1 fully saturated rings. The molecule has 2 rings (SSSR count). The van der Waals surface area contributed by atoms with Gasteiger partial charge in [0.2, 0.25) is 5.91 Å². The monoisotopic (exact) mass is 339 g/mol. The van der Waals surface area contributed by atoms with Crippen molar-refractivity contribution in [2.24, 2.45) is 5.41 Å². The SMILES string of the molecule is CCC(CNC(=O)CC1(C(=O)O)CCC1)Oc1ccccc1Cl. The van der Waals surface area contributed by atoms with Crippen molar-refractivity contribution in [3.05, 3.63) is 29.3 Å². The topological polar surface area (TPSA) is 75.6 Å². The summed E-state index contributed by atoms with van der Waals surface area (Å²) in [5, 5.41) is 12.6. The smallest absolute Gasteiger partial charge is 0.310 e. The highest BCUT2D eigenvalue weighted by Gasteiger charge is 2.45. The van der Waals surface area contributed by atoms with Gasteiger partial charge in [-0.15, -0.1) is 0 Å². The molecular weight excluding hydrogens is 318 g/mol. The first kappa shape index (κ1) is 17.6. The van der Waals surface area contributed by atoms with E-state index in [1.807, 2.05) is 19.1 Å². The summed E-state index contributed by atoms with van der Waals surface area (Å²) >= 11 is 6.06. The van der Waals surface area contributed by atoms with E-state index in [4.69, 9.17) is 16.3 Å². The van der Waals surface area contributed by atoms with Crippen molar-refractivity contribution >= 4 is 23.5 Å². The van der Waals surface area contributed by atoms with E-state index < -0.39 is 11.4 Å². The van der Waals surface area contributed by atoms with Crippen LogP contribution < -0.4 is 10.1 Å². The number of amides is 1. The molecule has 0 bridgehead atoms. The van der Waals surface area contributed by atoms with Crippen molar-refractivity contribution in [1.29, 1.82) is 0 Å². The second-order valence-corrected chi connectivity index (χ2v) is 6.41. The minimum Gasteiger partial charge on any atom is -0.487 e. The first-order valence-corrected chi connectivity index (χ1v) is 8.26. The molecule has 0 aliphatic heterocycles. The maximum Gasteiger partial charge on any atom is 0.310 e. The quantitative estimate of drug-likeness (QED) is 0.762. The number of hydrogen-bond acceptors (Lipinski definition) is 3. The molecule has 0 saturated heterocycles. The van der Waals surface area contributed by atoms with E-state index in [-0.39, 0.29) is 18.4 Å². The Morgan fingerprint density at radius 2 is 2.09 bits per heavy atom. The Balaban J connectivity index is 1.84. The van der Waals surface area contributed by atoms with Crippen LogP contribution in [-0.4, -0.2) is 29.6 Å². The molecule has 1 aromatic carbocycles. The summed E-state index contributed by atoms with van der Waals surface area (Å²) in [4.78, 5) is 23.3. The van der Waals surface area contributed by atoms with Crippen molar-refractivity contribution in [3.63, 3.8) is 0 Å². The fraction of sp³-hybridized carbons (Fsp3) is 0.529. The zero-order valence-electron chi connectivity index (χ0n) is 13.2. The van der Waals surface area contributed by atoms with Gasteiger partial charge in [-0.3, -0.25) is 9.59 Å². The van der Waals surface area contributed by atoms with Crippen LogP contribution in [0.25, 0.3) is 0 Å². The molecule has 0 radical (unpaired) electrons. The summed E-state index contributed by atoms with van der Waals surface area (Å²) in [5.74, 6) is -0.539. The molecule has 1 amide bonds. The van der Waals surface area contributed by atoms with Crippen molar-refractivity contribution in [2.45, 2.75) is 45.1 Å². The molecule has 2 N–H and O–H groups in total. The standard InChI is InChI=1S/C17H22ClNO4/c1-2-12(23-14-7-4-3-6-13(14)18)11-19-15(20)10-17(16(21)22)8-5-9-17/h3-4,6-7,12H,2,5,8-11H2,1H3,(H,19,20)(H,21,22). The highest BCUT2D eigenvalue weighted by molar-refractivity contribution is 6.32. The Morgan fingerprint density at radius 3 is 2.61 bits per heavy atom. The summed E-state index contributed by atoms with van der Waals surface area (Å²) in [5.41, 5.74) is -0.866. The van der Waals surface area contributed by atoms with E-state index in [1.54, 1.807) is 12.1 Å². The molecule has 0 heterocycles. The van der Waals surface area contributed by atoms with Crippen LogP contribution >= 0.6 is 11.6 Å². The summed E-state index contributed by atoms with van der Waals surface area (Å²) in [6.07, 6.45) is 2.54. The number of halogens is 1. The van der Waals surface area contributed by atoms with Gasteiger partial charge in [-0.05, 0) is 31.4 Å². The second kappa shape index (κ2) is 7.68. The van der Waals surface area contributed by atoms with Crippen LogP contribution in [0.3, 0.4) is 0 Å². The molecule has 23 heavy (non-hydrogen) atoms. The van der Waals surface area contributed by atoms with Gasteiger partial charge in [-0.25, -0.2) is 0 Å². The largest absolute Gasteiger partial charge is 0.487 e. The Morgan fingerprint density at radius 1 is 1.39 bits per heavy atom. The predicted octanol–water partition coefficient (Wildman–Crippen LogP) is 3.26.